The van der Waals surface area contributed by atoms with Crippen molar-refractivity contribution in [3.8, 4) is 5.75 Å². The third-order valence-electron chi connectivity index (χ3n) is 7.21. The predicted molar refractivity (Wildman–Crippen MR) is 147 cm³/mol. The number of ether oxygens (including phenoxy) is 2. The molecule has 1 aliphatic rings. The molecule has 1 saturated heterocycles. The van der Waals surface area contributed by atoms with E-state index in [-0.39, 0.29) is 12.3 Å². The zero-order chi connectivity index (χ0) is 27.8. The second-order valence-electron chi connectivity index (χ2n) is 10.1. The normalized spacial score (nSPS) is 15.7. The highest BCUT2D eigenvalue weighted by atomic mass is 16.5. The molecule has 0 bridgehead atoms. The average Bonchev–Trinajstić information content (AvgIpc) is 3.46. The molecule has 3 N–H and O–H groups in total. The first-order chi connectivity index (χ1) is 18.8. The summed E-state index contributed by atoms with van der Waals surface area (Å²) >= 11 is 0. The lowest BCUT2D eigenvalue weighted by Crippen LogP contribution is -2.66. The van der Waals surface area contributed by atoms with Crippen LogP contribution < -0.4 is 10.1 Å². The first-order valence-electron chi connectivity index (χ1n) is 13.4. The minimum atomic E-state index is -1.05. The van der Waals surface area contributed by atoms with Crippen LogP contribution in [0.1, 0.15) is 54.7 Å². The van der Waals surface area contributed by atoms with Crippen LogP contribution in [0.25, 0.3) is 0 Å². The lowest BCUT2D eigenvalue weighted by Gasteiger charge is -2.51. The van der Waals surface area contributed by atoms with Crippen LogP contribution in [-0.4, -0.2) is 64.6 Å². The average molecular weight is 535 g/mol. The minimum absolute atomic E-state index is 0.182. The first kappa shape index (κ1) is 28.3. The Morgan fingerprint density at radius 3 is 2.56 bits per heavy atom. The smallest absolute Gasteiger partial charge is 0.245 e. The van der Waals surface area contributed by atoms with Gasteiger partial charge in [0.05, 0.1) is 44.8 Å². The van der Waals surface area contributed by atoms with Gasteiger partial charge in [0.1, 0.15) is 23.5 Å². The molecule has 0 spiro atoms. The number of nitrogens with one attached hydrogen (secondary N) is 2. The monoisotopic (exact) mass is 534 g/mol. The number of hydrogen-bond donors (Lipinski definition) is 3. The second-order valence-corrected chi connectivity index (χ2v) is 10.1. The molecular weight excluding hydrogens is 496 g/mol. The number of likely N-dealkylation sites (tertiary alicyclic amines) is 1. The number of carbonyl (C=O) groups is 2. The van der Waals surface area contributed by atoms with Crippen molar-refractivity contribution in [2.75, 3.05) is 26.8 Å². The van der Waals surface area contributed by atoms with Gasteiger partial charge in [-0.1, -0.05) is 49.7 Å². The number of H-pyrrole nitrogens is 1. The summed E-state index contributed by atoms with van der Waals surface area (Å²) in [6.45, 7) is 5.61. The SMILES string of the molecule is CCCCOC1(c2ccccc2C)CN(C(=O)C(Cc2ccc(OC)cc2)NC(=O)C[C@@H](O)c2cnc[nH]2)C1. The number of amides is 2. The molecule has 0 radical (unpaired) electrons. The molecule has 1 fully saturated rings. The van der Waals surface area contributed by atoms with Crippen molar-refractivity contribution in [2.24, 2.45) is 0 Å². The molecule has 1 aliphatic heterocycles. The Labute approximate surface area is 229 Å². The fraction of sp³-hybridized carbons (Fsp3) is 0.433. The summed E-state index contributed by atoms with van der Waals surface area (Å²) in [7, 11) is 1.60. The molecule has 3 aromatic rings. The lowest BCUT2D eigenvalue weighted by atomic mass is 9.82. The maximum absolute atomic E-state index is 13.8. The summed E-state index contributed by atoms with van der Waals surface area (Å²) in [6, 6.07) is 14.7. The number of rotatable bonds is 13. The third-order valence-corrected chi connectivity index (χ3v) is 7.21. The fourth-order valence-corrected chi connectivity index (χ4v) is 4.97. The number of aliphatic hydroxyl groups is 1. The molecule has 2 aromatic carbocycles. The number of benzene rings is 2. The van der Waals surface area contributed by atoms with Crippen LogP contribution in [0, 0.1) is 6.92 Å². The number of methoxy groups -OCH3 is 1. The fourth-order valence-electron chi connectivity index (χ4n) is 4.97. The molecule has 1 aromatic heterocycles. The molecule has 0 saturated carbocycles. The topological polar surface area (TPSA) is 117 Å². The van der Waals surface area contributed by atoms with Crippen molar-refractivity contribution >= 4 is 11.8 Å². The van der Waals surface area contributed by atoms with Crippen LogP contribution in [0.2, 0.25) is 0 Å². The van der Waals surface area contributed by atoms with Crippen molar-refractivity contribution in [3.05, 3.63) is 83.4 Å². The van der Waals surface area contributed by atoms with Gasteiger partial charge in [-0.05, 0) is 42.2 Å². The van der Waals surface area contributed by atoms with Crippen molar-refractivity contribution < 1.29 is 24.2 Å². The number of hydrogen-bond acceptors (Lipinski definition) is 6. The number of imidazole rings is 1. The molecule has 1 unspecified atom stereocenters. The van der Waals surface area contributed by atoms with E-state index in [9.17, 15) is 14.7 Å². The van der Waals surface area contributed by atoms with E-state index >= 15 is 0 Å². The Morgan fingerprint density at radius 2 is 1.92 bits per heavy atom. The van der Waals surface area contributed by atoms with E-state index in [0.29, 0.717) is 37.6 Å². The van der Waals surface area contributed by atoms with Gasteiger partial charge < -0.3 is 29.8 Å². The van der Waals surface area contributed by atoms with Crippen LogP contribution in [-0.2, 0) is 26.3 Å². The van der Waals surface area contributed by atoms with Gasteiger partial charge in [0.15, 0.2) is 0 Å². The number of aromatic nitrogens is 2. The Hall–Kier alpha value is -3.69. The van der Waals surface area contributed by atoms with Crippen LogP contribution >= 0.6 is 0 Å². The van der Waals surface area contributed by atoms with Crippen LogP contribution in [0.15, 0.2) is 61.1 Å². The summed E-state index contributed by atoms with van der Waals surface area (Å²) in [5.74, 6) is 0.107. The van der Waals surface area contributed by atoms with Gasteiger partial charge in [-0.2, -0.15) is 0 Å². The van der Waals surface area contributed by atoms with E-state index in [1.165, 1.54) is 12.5 Å². The second kappa shape index (κ2) is 12.9. The Balaban J connectivity index is 1.50. The molecule has 2 atom stereocenters. The standard InChI is InChI=1S/C30H38N4O5/c1-4-5-14-39-30(24-9-7-6-8-21(24)2)18-34(19-30)29(37)25(15-22-10-12-23(38-3)13-11-22)33-28(36)16-27(35)26-17-31-20-32-26/h6-13,17,20,25,27,35H,4-5,14-16,18-19H2,1-3H3,(H,31,32)(H,33,36)/t25?,27-/m1/s1. The van der Waals surface area contributed by atoms with Gasteiger partial charge in [-0.25, -0.2) is 4.98 Å². The van der Waals surface area contributed by atoms with E-state index in [0.717, 1.165) is 29.5 Å². The molecule has 9 nitrogen and oxygen atoms in total. The maximum Gasteiger partial charge on any atom is 0.245 e. The number of aryl methyl sites for hydroxylation is 1. The van der Waals surface area contributed by atoms with E-state index in [1.807, 2.05) is 36.4 Å². The van der Waals surface area contributed by atoms with Gasteiger partial charge in [0.2, 0.25) is 11.8 Å². The van der Waals surface area contributed by atoms with Crippen LogP contribution in [0.4, 0.5) is 0 Å². The Kier molecular flexibility index (Phi) is 9.37. The minimum Gasteiger partial charge on any atom is -0.497 e. The highest BCUT2D eigenvalue weighted by molar-refractivity contribution is 5.89. The summed E-state index contributed by atoms with van der Waals surface area (Å²) in [5, 5.41) is 13.3. The van der Waals surface area contributed by atoms with Crippen LogP contribution in [0.3, 0.4) is 0 Å². The zero-order valence-corrected chi connectivity index (χ0v) is 22.9. The molecule has 2 amide bonds. The third kappa shape index (κ3) is 6.85. The van der Waals surface area contributed by atoms with Crippen molar-refractivity contribution in [2.45, 2.75) is 57.3 Å². The van der Waals surface area contributed by atoms with Gasteiger partial charge in [0, 0.05) is 13.0 Å². The largest absolute Gasteiger partial charge is 0.497 e. The first-order valence-corrected chi connectivity index (χ1v) is 13.4. The summed E-state index contributed by atoms with van der Waals surface area (Å²) in [4.78, 5) is 35.2. The number of unbranched alkanes of at least 4 members (excludes halogenated alkanes) is 1. The summed E-state index contributed by atoms with van der Waals surface area (Å²) in [5.41, 5.74) is 2.97. The van der Waals surface area contributed by atoms with Crippen molar-refractivity contribution in [3.63, 3.8) is 0 Å². The molecule has 208 valence electrons. The number of aliphatic hydroxyl groups excluding tert-OH is 1. The van der Waals surface area contributed by atoms with E-state index in [1.54, 1.807) is 12.0 Å². The molecule has 39 heavy (non-hydrogen) atoms. The molecule has 9 heteroatoms. The summed E-state index contributed by atoms with van der Waals surface area (Å²) in [6.07, 6.45) is 3.94. The van der Waals surface area contributed by atoms with E-state index in [4.69, 9.17) is 9.47 Å². The predicted octanol–water partition coefficient (Wildman–Crippen LogP) is 3.43. The van der Waals surface area contributed by atoms with Gasteiger partial charge >= 0.3 is 0 Å². The Bertz CT molecular complexity index is 1220. The van der Waals surface area contributed by atoms with Crippen LogP contribution in [0.5, 0.6) is 5.75 Å². The number of aromatic amines is 1. The van der Waals surface area contributed by atoms with Gasteiger partial charge in [-0.3, -0.25) is 9.59 Å². The van der Waals surface area contributed by atoms with Crippen molar-refractivity contribution in [1.29, 1.82) is 0 Å². The van der Waals surface area contributed by atoms with E-state index in [2.05, 4.69) is 41.3 Å². The van der Waals surface area contributed by atoms with Crippen molar-refractivity contribution in [1.82, 2.24) is 20.2 Å². The zero-order valence-electron chi connectivity index (χ0n) is 22.9. The Morgan fingerprint density at radius 1 is 1.18 bits per heavy atom. The lowest BCUT2D eigenvalue weighted by molar-refractivity contribution is -0.175. The molecule has 0 aliphatic carbocycles. The summed E-state index contributed by atoms with van der Waals surface area (Å²) < 4.78 is 11.7. The van der Waals surface area contributed by atoms with Gasteiger partial charge in [-0.15, -0.1) is 0 Å². The quantitative estimate of drug-likeness (QED) is 0.289. The number of nitrogens with zero attached hydrogens (tertiary/aromatic N) is 2. The molecule has 4 rings (SSSR count). The maximum atomic E-state index is 13.8. The van der Waals surface area contributed by atoms with E-state index < -0.39 is 23.7 Å². The van der Waals surface area contributed by atoms with Gasteiger partial charge in [0.25, 0.3) is 0 Å². The highest BCUT2D eigenvalue weighted by Gasteiger charge is 2.49. The molecular formula is C30H38N4O5. The highest BCUT2D eigenvalue weighted by Crippen LogP contribution is 2.38. The molecule has 2 heterocycles. The number of carbonyl (C=O) groups excluding carboxylic acids is 2.